The van der Waals surface area contributed by atoms with Crippen molar-refractivity contribution in [2.45, 2.75) is 45.1 Å². The molecule has 0 saturated carbocycles. The Hall–Kier alpha value is -1.81. The number of hydrogen-bond acceptors (Lipinski definition) is 3. The lowest BCUT2D eigenvalue weighted by atomic mass is 9.66. The maximum atomic E-state index is 12.2. The third-order valence-corrected chi connectivity index (χ3v) is 6.26. The topological polar surface area (TPSA) is 45.3 Å². The molecule has 0 amide bonds. The Kier molecular flexibility index (Phi) is 3.87. The van der Waals surface area contributed by atoms with Crippen LogP contribution in [0, 0.1) is 5.41 Å². The highest BCUT2D eigenvalue weighted by atomic mass is 16.5. The van der Waals surface area contributed by atoms with E-state index in [9.17, 15) is 4.79 Å². The Morgan fingerprint density at radius 1 is 1.38 bits per heavy atom. The summed E-state index contributed by atoms with van der Waals surface area (Å²) in [6.45, 7) is 4.44. The highest BCUT2D eigenvalue weighted by molar-refractivity contribution is 5.85. The Balaban J connectivity index is 1.84. The largest absolute Gasteiger partial charge is 0.469 e. The molecule has 0 aliphatic carbocycles. The first-order chi connectivity index (χ1) is 11.7. The first-order valence-corrected chi connectivity index (χ1v) is 9.09. The van der Waals surface area contributed by atoms with Crippen LogP contribution < -0.4 is 0 Å². The number of esters is 1. The van der Waals surface area contributed by atoms with E-state index in [0.29, 0.717) is 12.5 Å². The third-order valence-electron chi connectivity index (χ3n) is 6.26. The zero-order valence-electron chi connectivity index (χ0n) is 14.6. The van der Waals surface area contributed by atoms with E-state index in [1.165, 1.54) is 29.3 Å². The maximum Gasteiger partial charge on any atom is 0.306 e. The van der Waals surface area contributed by atoms with Gasteiger partial charge in [-0.25, -0.2) is 0 Å². The molecule has 1 unspecified atom stereocenters. The standard InChI is InChI=1S/C20H26N2O2/c1-3-20(13-17(23)24-2)10-6-11-22-12-9-15-14-7-4-5-8-16(14)21-18(15)19(20)22/h4-5,7-8,19,21H,3,6,9-13H2,1-2H3/t19?,20-/m0/s1. The highest BCUT2D eigenvalue weighted by Gasteiger charge is 2.48. The highest BCUT2D eigenvalue weighted by Crippen LogP contribution is 2.53. The van der Waals surface area contributed by atoms with E-state index < -0.39 is 0 Å². The van der Waals surface area contributed by atoms with Crippen molar-refractivity contribution >= 4 is 16.9 Å². The van der Waals surface area contributed by atoms with E-state index in [0.717, 1.165) is 38.8 Å². The van der Waals surface area contributed by atoms with Crippen LogP contribution >= 0.6 is 0 Å². The molecule has 1 N–H and O–H groups in total. The van der Waals surface area contributed by atoms with Crippen molar-refractivity contribution in [2.24, 2.45) is 5.41 Å². The zero-order valence-corrected chi connectivity index (χ0v) is 14.6. The zero-order chi connectivity index (χ0) is 16.7. The Morgan fingerprint density at radius 2 is 2.21 bits per heavy atom. The summed E-state index contributed by atoms with van der Waals surface area (Å²) in [7, 11) is 1.50. The van der Waals surface area contributed by atoms with Crippen molar-refractivity contribution in [3.8, 4) is 0 Å². The molecule has 0 radical (unpaired) electrons. The summed E-state index contributed by atoms with van der Waals surface area (Å²) in [5.74, 6) is -0.0815. The van der Waals surface area contributed by atoms with E-state index in [1.807, 2.05) is 0 Å². The van der Waals surface area contributed by atoms with Crippen molar-refractivity contribution in [1.82, 2.24) is 9.88 Å². The van der Waals surface area contributed by atoms with Gasteiger partial charge in [0.05, 0.1) is 19.6 Å². The summed E-state index contributed by atoms with van der Waals surface area (Å²) in [5, 5.41) is 1.35. The van der Waals surface area contributed by atoms with Gasteiger partial charge in [0, 0.05) is 28.6 Å². The predicted octanol–water partition coefficient (Wildman–Crippen LogP) is 3.82. The number of H-pyrrole nitrogens is 1. The molecule has 4 rings (SSSR count). The minimum atomic E-state index is -0.0815. The van der Waals surface area contributed by atoms with E-state index >= 15 is 0 Å². The minimum absolute atomic E-state index is 0.0264. The summed E-state index contributed by atoms with van der Waals surface area (Å²) in [6.07, 6.45) is 4.85. The molecule has 1 aromatic heterocycles. The van der Waals surface area contributed by atoms with Crippen LogP contribution in [0.2, 0.25) is 0 Å². The van der Waals surface area contributed by atoms with Gasteiger partial charge in [-0.15, -0.1) is 0 Å². The van der Waals surface area contributed by atoms with Crippen LogP contribution in [-0.2, 0) is 16.0 Å². The first-order valence-electron chi connectivity index (χ1n) is 9.09. The monoisotopic (exact) mass is 326 g/mol. The molecular weight excluding hydrogens is 300 g/mol. The normalized spacial score (nSPS) is 26.8. The second-order valence-electron chi connectivity index (χ2n) is 7.32. The fourth-order valence-corrected chi connectivity index (χ4v) is 5.04. The number of hydrogen-bond donors (Lipinski definition) is 1. The van der Waals surface area contributed by atoms with Gasteiger partial charge in [0.2, 0.25) is 0 Å². The lowest BCUT2D eigenvalue weighted by molar-refractivity contribution is -0.146. The maximum absolute atomic E-state index is 12.2. The van der Waals surface area contributed by atoms with Gasteiger partial charge in [0.1, 0.15) is 0 Å². The molecule has 0 bridgehead atoms. The van der Waals surface area contributed by atoms with Crippen LogP contribution in [0.25, 0.3) is 10.9 Å². The van der Waals surface area contributed by atoms with Crippen LogP contribution in [0.3, 0.4) is 0 Å². The number of aromatic nitrogens is 1. The number of methoxy groups -OCH3 is 1. The average Bonchev–Trinajstić information content (AvgIpc) is 3.00. The molecular formula is C20H26N2O2. The number of benzene rings is 1. The molecule has 1 aromatic carbocycles. The molecule has 24 heavy (non-hydrogen) atoms. The van der Waals surface area contributed by atoms with E-state index in [2.05, 4.69) is 41.1 Å². The number of rotatable bonds is 3. The van der Waals surface area contributed by atoms with Gasteiger partial charge in [-0.3, -0.25) is 9.69 Å². The van der Waals surface area contributed by atoms with Crippen molar-refractivity contribution in [3.05, 3.63) is 35.5 Å². The summed E-state index contributed by atoms with van der Waals surface area (Å²) in [4.78, 5) is 18.4. The van der Waals surface area contributed by atoms with E-state index in [-0.39, 0.29) is 11.4 Å². The van der Waals surface area contributed by atoms with E-state index in [4.69, 9.17) is 4.74 Å². The Morgan fingerprint density at radius 3 is 3.00 bits per heavy atom. The fraction of sp³-hybridized carbons (Fsp3) is 0.550. The van der Waals surface area contributed by atoms with Gasteiger partial charge >= 0.3 is 5.97 Å². The summed E-state index contributed by atoms with van der Waals surface area (Å²) in [5.41, 5.74) is 3.99. The molecule has 3 heterocycles. The molecule has 4 nitrogen and oxygen atoms in total. The average molecular weight is 326 g/mol. The molecule has 1 fully saturated rings. The van der Waals surface area contributed by atoms with Gasteiger partial charge in [-0.2, -0.15) is 0 Å². The number of carbonyl (C=O) groups excluding carboxylic acids is 1. The molecule has 4 heteroatoms. The van der Waals surface area contributed by atoms with Gasteiger partial charge in [-0.05, 0) is 43.9 Å². The van der Waals surface area contributed by atoms with Crippen molar-refractivity contribution in [3.63, 3.8) is 0 Å². The quantitative estimate of drug-likeness (QED) is 0.872. The smallest absolute Gasteiger partial charge is 0.306 e. The molecule has 1 saturated heterocycles. The number of fused-ring (bicyclic) bond motifs is 5. The van der Waals surface area contributed by atoms with Crippen LogP contribution in [0.5, 0.6) is 0 Å². The second kappa shape index (κ2) is 5.92. The van der Waals surface area contributed by atoms with Gasteiger partial charge in [0.15, 0.2) is 0 Å². The van der Waals surface area contributed by atoms with Crippen molar-refractivity contribution < 1.29 is 9.53 Å². The number of carbonyl (C=O) groups is 1. The number of ether oxygens (including phenoxy) is 1. The Labute approximate surface area is 143 Å². The third kappa shape index (κ3) is 2.27. The second-order valence-corrected chi connectivity index (χ2v) is 7.32. The van der Waals surface area contributed by atoms with Crippen LogP contribution in [-0.4, -0.2) is 36.1 Å². The van der Waals surface area contributed by atoms with Crippen molar-refractivity contribution in [1.29, 1.82) is 0 Å². The number of piperidine rings is 1. The summed E-state index contributed by atoms with van der Waals surface area (Å²) < 4.78 is 5.04. The first kappa shape index (κ1) is 15.7. The fourth-order valence-electron chi connectivity index (χ4n) is 5.04. The predicted molar refractivity (Wildman–Crippen MR) is 94.9 cm³/mol. The van der Waals surface area contributed by atoms with Crippen LogP contribution in [0.4, 0.5) is 0 Å². The van der Waals surface area contributed by atoms with Gasteiger partial charge in [-0.1, -0.05) is 25.1 Å². The Bertz CT molecular complexity index is 766. The molecule has 2 aromatic rings. The molecule has 2 atom stereocenters. The lowest BCUT2D eigenvalue weighted by Gasteiger charge is -2.51. The number of nitrogens with zero attached hydrogens (tertiary/aromatic N) is 1. The SMILES string of the molecule is CC[C@@]1(CC(=O)OC)CCCN2CCc3c([nH]c4ccccc34)C21. The minimum Gasteiger partial charge on any atom is -0.469 e. The number of nitrogens with one attached hydrogen (secondary N) is 1. The van der Waals surface area contributed by atoms with Crippen LogP contribution in [0.15, 0.2) is 24.3 Å². The molecule has 0 spiro atoms. The summed E-state index contributed by atoms with van der Waals surface area (Å²) in [6, 6.07) is 8.88. The van der Waals surface area contributed by atoms with Crippen LogP contribution in [0.1, 0.15) is 49.9 Å². The number of para-hydroxylation sites is 1. The summed E-state index contributed by atoms with van der Waals surface area (Å²) >= 11 is 0. The molecule has 2 aliphatic heterocycles. The lowest BCUT2D eigenvalue weighted by Crippen LogP contribution is -2.50. The number of aromatic amines is 1. The molecule has 128 valence electrons. The van der Waals surface area contributed by atoms with Crippen molar-refractivity contribution in [2.75, 3.05) is 20.2 Å². The van der Waals surface area contributed by atoms with Gasteiger partial charge < -0.3 is 9.72 Å². The molecule has 2 aliphatic rings. The van der Waals surface area contributed by atoms with E-state index in [1.54, 1.807) is 0 Å². The van der Waals surface area contributed by atoms with Gasteiger partial charge in [0.25, 0.3) is 0 Å².